The fourth-order valence-electron chi connectivity index (χ4n) is 1.70. The number of aliphatic carboxylic acids is 1. The summed E-state index contributed by atoms with van der Waals surface area (Å²) in [6, 6.07) is 6.99. The Morgan fingerprint density at radius 2 is 1.89 bits per heavy atom. The van der Waals surface area contributed by atoms with Crippen LogP contribution in [0.5, 0.6) is 0 Å². The second-order valence-electron chi connectivity index (χ2n) is 4.14. The van der Waals surface area contributed by atoms with E-state index >= 15 is 0 Å². The van der Waals surface area contributed by atoms with Gasteiger partial charge in [-0.2, -0.15) is 0 Å². The van der Waals surface area contributed by atoms with Gasteiger partial charge in [-0.3, -0.25) is 19.3 Å². The Balaban J connectivity index is 2.67. The van der Waals surface area contributed by atoms with Crippen molar-refractivity contribution >= 4 is 24.0 Å². The Hall–Kier alpha value is -2.17. The number of imide groups is 1. The molecule has 5 nitrogen and oxygen atoms in total. The van der Waals surface area contributed by atoms with E-state index in [4.69, 9.17) is 5.11 Å². The van der Waals surface area contributed by atoms with E-state index in [0.717, 1.165) is 10.5 Å². The van der Waals surface area contributed by atoms with E-state index in [1.54, 1.807) is 31.2 Å². The third kappa shape index (κ3) is 4.54. The highest BCUT2D eigenvalue weighted by atomic mass is 16.4. The van der Waals surface area contributed by atoms with E-state index < -0.39 is 5.97 Å². The van der Waals surface area contributed by atoms with E-state index in [-0.39, 0.29) is 18.7 Å². The summed E-state index contributed by atoms with van der Waals surface area (Å²) in [6.45, 7) is 1.69. The maximum Gasteiger partial charge on any atom is 0.303 e. The molecule has 0 spiro atoms. The summed E-state index contributed by atoms with van der Waals surface area (Å²) < 4.78 is 0. The summed E-state index contributed by atoms with van der Waals surface area (Å²) in [4.78, 5) is 33.8. The maximum atomic E-state index is 11.5. The number of carbonyl (C=O) groups excluding carboxylic acids is 2. The summed E-state index contributed by atoms with van der Waals surface area (Å²) in [6.07, 6.45) is 2.14. The lowest BCUT2D eigenvalue weighted by Crippen LogP contribution is -2.28. The highest BCUT2D eigenvalue weighted by Crippen LogP contribution is 2.16. The monoisotopic (exact) mass is 263 g/mol. The molecule has 0 aromatic heterocycles. The normalized spacial score (nSPS) is 9.95. The van der Waals surface area contributed by atoms with Gasteiger partial charge in [-0.1, -0.05) is 19.1 Å². The zero-order chi connectivity index (χ0) is 14.3. The number of hydrogen-bond acceptors (Lipinski definition) is 3. The van der Waals surface area contributed by atoms with Gasteiger partial charge in [-0.15, -0.1) is 0 Å². The Morgan fingerprint density at radius 1 is 1.26 bits per heavy atom. The number of benzene rings is 1. The van der Waals surface area contributed by atoms with Gasteiger partial charge < -0.3 is 5.11 Å². The zero-order valence-electron chi connectivity index (χ0n) is 10.8. The fourth-order valence-corrected chi connectivity index (χ4v) is 1.70. The van der Waals surface area contributed by atoms with Gasteiger partial charge in [0.15, 0.2) is 0 Å². The molecule has 0 bridgehead atoms. The number of aryl methyl sites for hydroxylation is 1. The van der Waals surface area contributed by atoms with Crippen molar-refractivity contribution in [2.24, 2.45) is 0 Å². The molecule has 1 N–H and O–H groups in total. The molecule has 102 valence electrons. The number of carboxylic acid groups (broad SMARTS) is 1. The van der Waals surface area contributed by atoms with E-state index in [2.05, 4.69) is 0 Å². The Morgan fingerprint density at radius 3 is 2.37 bits per heavy atom. The third-order valence-electron chi connectivity index (χ3n) is 2.75. The molecule has 0 unspecified atom stereocenters. The molecule has 2 amide bonds. The van der Waals surface area contributed by atoms with Gasteiger partial charge in [0.2, 0.25) is 12.3 Å². The van der Waals surface area contributed by atoms with Crippen LogP contribution in [0.4, 0.5) is 5.69 Å². The van der Waals surface area contributed by atoms with Gasteiger partial charge in [0, 0.05) is 12.8 Å². The van der Waals surface area contributed by atoms with Crippen LogP contribution in [0, 0.1) is 0 Å². The molecule has 0 saturated carbocycles. The molecule has 19 heavy (non-hydrogen) atoms. The second kappa shape index (κ2) is 7.31. The van der Waals surface area contributed by atoms with Crippen LogP contribution < -0.4 is 4.90 Å². The van der Waals surface area contributed by atoms with Gasteiger partial charge in [0.1, 0.15) is 0 Å². The molecule has 0 aliphatic rings. The number of amides is 2. The van der Waals surface area contributed by atoms with Crippen LogP contribution >= 0.6 is 0 Å². The summed E-state index contributed by atoms with van der Waals surface area (Å²) in [7, 11) is 0. The molecule has 0 heterocycles. The van der Waals surface area contributed by atoms with Crippen LogP contribution in [0.25, 0.3) is 0 Å². The zero-order valence-corrected chi connectivity index (χ0v) is 10.8. The lowest BCUT2D eigenvalue weighted by molar-refractivity contribution is -0.137. The van der Waals surface area contributed by atoms with Crippen molar-refractivity contribution in [3.05, 3.63) is 29.8 Å². The number of nitrogens with zero attached hydrogens (tertiary/aromatic N) is 1. The molecule has 1 aromatic carbocycles. The largest absolute Gasteiger partial charge is 0.481 e. The Kier molecular flexibility index (Phi) is 5.73. The van der Waals surface area contributed by atoms with Gasteiger partial charge in [-0.05, 0) is 30.5 Å². The average molecular weight is 263 g/mol. The molecule has 1 aromatic rings. The van der Waals surface area contributed by atoms with Crippen molar-refractivity contribution in [2.45, 2.75) is 32.6 Å². The van der Waals surface area contributed by atoms with Gasteiger partial charge >= 0.3 is 5.97 Å². The van der Waals surface area contributed by atoms with Crippen molar-refractivity contribution in [1.82, 2.24) is 0 Å². The molecule has 5 heteroatoms. The first-order valence-electron chi connectivity index (χ1n) is 6.16. The van der Waals surface area contributed by atoms with E-state index in [0.29, 0.717) is 24.9 Å². The maximum absolute atomic E-state index is 11.5. The van der Waals surface area contributed by atoms with Crippen LogP contribution in [0.15, 0.2) is 24.3 Å². The van der Waals surface area contributed by atoms with Crippen molar-refractivity contribution in [2.75, 3.05) is 4.90 Å². The molecule has 0 aliphatic carbocycles. The minimum Gasteiger partial charge on any atom is -0.481 e. The minimum absolute atomic E-state index is 0.135. The van der Waals surface area contributed by atoms with Crippen LogP contribution in [0.3, 0.4) is 0 Å². The van der Waals surface area contributed by atoms with Crippen molar-refractivity contribution in [3.8, 4) is 0 Å². The lowest BCUT2D eigenvalue weighted by atomic mass is 10.1. The Bertz CT molecular complexity index is 453. The smallest absolute Gasteiger partial charge is 0.303 e. The second-order valence-corrected chi connectivity index (χ2v) is 4.14. The summed E-state index contributed by atoms with van der Waals surface area (Å²) >= 11 is 0. The molecule has 0 radical (unpaired) electrons. The highest BCUT2D eigenvalue weighted by molar-refractivity contribution is 6.06. The van der Waals surface area contributed by atoms with E-state index in [1.807, 2.05) is 0 Å². The van der Waals surface area contributed by atoms with Crippen molar-refractivity contribution in [1.29, 1.82) is 0 Å². The van der Waals surface area contributed by atoms with Crippen LogP contribution in [-0.2, 0) is 20.8 Å². The highest BCUT2D eigenvalue weighted by Gasteiger charge is 2.12. The molecule has 0 saturated heterocycles. The molecular formula is C14H17NO4. The van der Waals surface area contributed by atoms with Gasteiger partial charge in [0.05, 0.1) is 5.69 Å². The quantitative estimate of drug-likeness (QED) is 0.763. The van der Waals surface area contributed by atoms with Crippen molar-refractivity contribution in [3.63, 3.8) is 0 Å². The number of anilines is 1. The number of carboxylic acids is 1. The number of hydrogen-bond donors (Lipinski definition) is 1. The van der Waals surface area contributed by atoms with Crippen LogP contribution in [-0.4, -0.2) is 23.4 Å². The summed E-state index contributed by atoms with van der Waals surface area (Å²) in [5.74, 6) is -1.06. The van der Waals surface area contributed by atoms with Crippen molar-refractivity contribution < 1.29 is 19.5 Å². The van der Waals surface area contributed by atoms with Gasteiger partial charge in [0.25, 0.3) is 0 Å². The van der Waals surface area contributed by atoms with E-state index in [9.17, 15) is 14.4 Å². The van der Waals surface area contributed by atoms with Crippen LogP contribution in [0.2, 0.25) is 0 Å². The molecule has 0 aliphatic heterocycles. The lowest BCUT2D eigenvalue weighted by Gasteiger charge is -2.14. The first-order valence-corrected chi connectivity index (χ1v) is 6.16. The third-order valence-corrected chi connectivity index (χ3v) is 2.75. The summed E-state index contributed by atoms with van der Waals surface area (Å²) in [5.41, 5.74) is 1.52. The molecule has 1 rings (SSSR count). The first kappa shape index (κ1) is 14.9. The molecule has 0 fully saturated rings. The predicted octanol–water partition coefficient (Wildman–Crippen LogP) is 1.99. The first-order chi connectivity index (χ1) is 9.08. The topological polar surface area (TPSA) is 74.7 Å². The fraction of sp³-hybridized carbons (Fsp3) is 0.357. The predicted molar refractivity (Wildman–Crippen MR) is 70.9 cm³/mol. The molecular weight excluding hydrogens is 246 g/mol. The van der Waals surface area contributed by atoms with Gasteiger partial charge in [-0.25, -0.2) is 0 Å². The SMILES string of the molecule is CCC(=O)N(C=O)c1ccc(CCCC(=O)O)cc1. The number of carbonyl (C=O) groups is 3. The summed E-state index contributed by atoms with van der Waals surface area (Å²) in [5, 5.41) is 8.55. The average Bonchev–Trinajstić information content (AvgIpc) is 2.40. The van der Waals surface area contributed by atoms with Crippen LogP contribution in [0.1, 0.15) is 31.7 Å². The standard InChI is InChI=1S/C14H17NO4/c1-2-13(17)15(10-16)12-8-6-11(7-9-12)4-3-5-14(18)19/h6-10H,2-5H2,1H3,(H,18,19). The van der Waals surface area contributed by atoms with E-state index in [1.165, 1.54) is 0 Å². The minimum atomic E-state index is -0.808. The number of rotatable bonds is 7. The Labute approximate surface area is 111 Å². The molecule has 0 atom stereocenters.